The number of nitrogens with one attached hydrogen (secondary N) is 1. The minimum Gasteiger partial charge on any atom is -0.508 e. The molecule has 0 aliphatic heterocycles. The van der Waals surface area contributed by atoms with Crippen molar-refractivity contribution in [3.63, 3.8) is 0 Å². The van der Waals surface area contributed by atoms with Crippen LogP contribution < -0.4 is 5.32 Å². The largest absolute Gasteiger partial charge is 0.508 e. The van der Waals surface area contributed by atoms with Gasteiger partial charge in [0.05, 0.1) is 11.5 Å². The number of hydrogen-bond acceptors (Lipinski definition) is 4. The molecular formula is C15H19NO5. The van der Waals surface area contributed by atoms with Crippen molar-refractivity contribution in [1.29, 1.82) is 0 Å². The summed E-state index contributed by atoms with van der Waals surface area (Å²) < 4.78 is 0. The number of hydrogen-bond donors (Lipinski definition) is 4. The van der Waals surface area contributed by atoms with Crippen LogP contribution in [-0.2, 0) is 4.79 Å². The van der Waals surface area contributed by atoms with E-state index in [0.717, 1.165) is 12.8 Å². The number of rotatable bonds is 5. The van der Waals surface area contributed by atoms with E-state index in [0.29, 0.717) is 31.0 Å². The van der Waals surface area contributed by atoms with E-state index in [4.69, 9.17) is 10.2 Å². The van der Waals surface area contributed by atoms with Crippen molar-refractivity contribution in [3.8, 4) is 5.75 Å². The van der Waals surface area contributed by atoms with Gasteiger partial charge in [0.15, 0.2) is 0 Å². The summed E-state index contributed by atoms with van der Waals surface area (Å²) in [6.45, 7) is 0.609. The van der Waals surface area contributed by atoms with Crippen molar-refractivity contribution in [2.45, 2.75) is 25.7 Å². The first-order chi connectivity index (χ1) is 9.97. The van der Waals surface area contributed by atoms with Gasteiger partial charge in [-0.05, 0) is 49.8 Å². The summed E-state index contributed by atoms with van der Waals surface area (Å²) in [5.41, 5.74) is 0.509. The lowest BCUT2D eigenvalue weighted by Gasteiger charge is -2.26. The second kappa shape index (κ2) is 6.47. The highest BCUT2D eigenvalue weighted by Crippen LogP contribution is 2.30. The van der Waals surface area contributed by atoms with Crippen LogP contribution in [0, 0.1) is 11.8 Å². The third kappa shape index (κ3) is 3.87. The standard InChI is InChI=1S/C15H19NO5/c17-11-5-6-13(12(7-11)15(20)21)16-8-9-1-3-10(4-2-9)14(18)19/h5-7,9-10,16-17H,1-4,8H2,(H,18,19)(H,20,21). The maximum Gasteiger partial charge on any atom is 0.337 e. The first-order valence-corrected chi connectivity index (χ1v) is 7.00. The molecule has 0 unspecified atom stereocenters. The third-order valence-electron chi connectivity index (χ3n) is 4.01. The number of aliphatic carboxylic acids is 1. The molecule has 0 bridgehead atoms. The van der Waals surface area contributed by atoms with Gasteiger partial charge in [-0.15, -0.1) is 0 Å². The van der Waals surface area contributed by atoms with E-state index in [1.165, 1.54) is 12.1 Å². The van der Waals surface area contributed by atoms with Gasteiger partial charge in [-0.1, -0.05) is 0 Å². The summed E-state index contributed by atoms with van der Waals surface area (Å²) in [5, 5.41) is 30.5. The lowest BCUT2D eigenvalue weighted by molar-refractivity contribution is -0.143. The van der Waals surface area contributed by atoms with Crippen LogP contribution in [0.5, 0.6) is 5.75 Å². The molecular weight excluding hydrogens is 274 g/mol. The molecule has 0 aromatic heterocycles. The first kappa shape index (κ1) is 15.2. The first-order valence-electron chi connectivity index (χ1n) is 7.00. The number of phenolic OH excluding ortho intramolecular Hbond substituents is 1. The predicted octanol–water partition coefficient (Wildman–Crippen LogP) is 2.39. The minimum absolute atomic E-state index is 0.0363. The fourth-order valence-electron chi connectivity index (χ4n) is 2.73. The van der Waals surface area contributed by atoms with E-state index in [-0.39, 0.29) is 17.2 Å². The zero-order valence-corrected chi connectivity index (χ0v) is 11.6. The number of aromatic hydroxyl groups is 1. The van der Waals surface area contributed by atoms with Crippen LogP contribution >= 0.6 is 0 Å². The van der Waals surface area contributed by atoms with Crippen LogP contribution in [0.15, 0.2) is 18.2 Å². The van der Waals surface area contributed by atoms with E-state index < -0.39 is 11.9 Å². The Hall–Kier alpha value is -2.24. The van der Waals surface area contributed by atoms with Gasteiger partial charge < -0.3 is 20.6 Å². The molecule has 1 aliphatic carbocycles. The zero-order valence-electron chi connectivity index (χ0n) is 11.6. The van der Waals surface area contributed by atoms with Gasteiger partial charge in [0.1, 0.15) is 5.75 Å². The van der Waals surface area contributed by atoms with Crippen LogP contribution in [0.3, 0.4) is 0 Å². The monoisotopic (exact) mass is 293 g/mol. The van der Waals surface area contributed by atoms with Crippen LogP contribution in [0.2, 0.25) is 0 Å². The number of carboxylic acids is 2. The Labute approximate surface area is 122 Å². The van der Waals surface area contributed by atoms with Gasteiger partial charge in [0, 0.05) is 12.2 Å². The number of anilines is 1. The van der Waals surface area contributed by atoms with Crippen molar-refractivity contribution < 1.29 is 24.9 Å². The normalized spacial score (nSPS) is 21.7. The zero-order chi connectivity index (χ0) is 15.4. The molecule has 1 aromatic carbocycles. The second-order valence-electron chi connectivity index (χ2n) is 5.47. The Morgan fingerprint density at radius 3 is 2.38 bits per heavy atom. The summed E-state index contributed by atoms with van der Waals surface area (Å²) in [4.78, 5) is 22.0. The summed E-state index contributed by atoms with van der Waals surface area (Å²) in [5.74, 6) is -1.81. The Kier molecular flexibility index (Phi) is 4.67. The van der Waals surface area contributed by atoms with E-state index in [1.54, 1.807) is 6.07 Å². The van der Waals surface area contributed by atoms with Gasteiger partial charge in [0.25, 0.3) is 0 Å². The fourth-order valence-corrected chi connectivity index (χ4v) is 2.73. The summed E-state index contributed by atoms with van der Waals surface area (Å²) in [6, 6.07) is 4.20. The second-order valence-corrected chi connectivity index (χ2v) is 5.47. The van der Waals surface area contributed by atoms with Crippen molar-refractivity contribution in [1.82, 2.24) is 0 Å². The van der Waals surface area contributed by atoms with Crippen molar-refractivity contribution in [3.05, 3.63) is 23.8 Å². The Balaban J connectivity index is 1.92. The molecule has 21 heavy (non-hydrogen) atoms. The minimum atomic E-state index is -1.09. The number of aromatic carboxylic acids is 1. The van der Waals surface area contributed by atoms with Gasteiger partial charge in [-0.2, -0.15) is 0 Å². The van der Waals surface area contributed by atoms with E-state index in [2.05, 4.69) is 5.32 Å². The third-order valence-corrected chi connectivity index (χ3v) is 4.01. The average molecular weight is 293 g/mol. The molecule has 0 spiro atoms. The number of benzene rings is 1. The van der Waals surface area contributed by atoms with Crippen molar-refractivity contribution in [2.75, 3.05) is 11.9 Å². The quantitative estimate of drug-likeness (QED) is 0.621. The molecule has 1 fully saturated rings. The molecule has 0 amide bonds. The number of phenols is 1. The van der Waals surface area contributed by atoms with Gasteiger partial charge in [-0.25, -0.2) is 4.79 Å². The molecule has 0 atom stereocenters. The molecule has 1 aliphatic rings. The molecule has 6 heteroatoms. The topological polar surface area (TPSA) is 107 Å². The molecule has 0 saturated heterocycles. The summed E-state index contributed by atoms with van der Waals surface area (Å²) >= 11 is 0. The molecule has 0 radical (unpaired) electrons. The molecule has 1 saturated carbocycles. The van der Waals surface area contributed by atoms with Crippen molar-refractivity contribution >= 4 is 17.6 Å². The Bertz CT molecular complexity index is 535. The number of carboxylic acid groups (broad SMARTS) is 2. The van der Waals surface area contributed by atoms with Gasteiger partial charge >= 0.3 is 11.9 Å². The Morgan fingerprint density at radius 2 is 1.81 bits per heavy atom. The predicted molar refractivity (Wildman–Crippen MR) is 76.6 cm³/mol. The molecule has 2 rings (SSSR count). The van der Waals surface area contributed by atoms with Crippen LogP contribution in [-0.4, -0.2) is 33.8 Å². The maximum absolute atomic E-state index is 11.1. The van der Waals surface area contributed by atoms with E-state index in [9.17, 15) is 14.7 Å². The molecule has 4 N–H and O–H groups in total. The average Bonchev–Trinajstić information content (AvgIpc) is 2.46. The number of carbonyl (C=O) groups is 2. The van der Waals surface area contributed by atoms with Crippen LogP contribution in [0.1, 0.15) is 36.0 Å². The SMILES string of the molecule is O=C(O)c1cc(O)ccc1NCC1CCC(C(=O)O)CC1. The Morgan fingerprint density at radius 1 is 1.14 bits per heavy atom. The van der Waals surface area contributed by atoms with E-state index >= 15 is 0 Å². The van der Waals surface area contributed by atoms with Gasteiger partial charge in [0.2, 0.25) is 0 Å². The highest BCUT2D eigenvalue weighted by atomic mass is 16.4. The highest BCUT2D eigenvalue weighted by Gasteiger charge is 2.25. The van der Waals surface area contributed by atoms with E-state index in [1.807, 2.05) is 0 Å². The molecule has 6 nitrogen and oxygen atoms in total. The van der Waals surface area contributed by atoms with Crippen LogP contribution in [0.4, 0.5) is 5.69 Å². The summed E-state index contributed by atoms with van der Waals surface area (Å²) in [7, 11) is 0. The van der Waals surface area contributed by atoms with Crippen molar-refractivity contribution in [2.24, 2.45) is 11.8 Å². The lowest BCUT2D eigenvalue weighted by atomic mass is 9.82. The molecule has 0 heterocycles. The maximum atomic E-state index is 11.1. The smallest absolute Gasteiger partial charge is 0.337 e. The fraction of sp³-hybridized carbons (Fsp3) is 0.467. The molecule has 114 valence electrons. The van der Waals surface area contributed by atoms with Gasteiger partial charge in [-0.3, -0.25) is 4.79 Å². The summed E-state index contributed by atoms with van der Waals surface area (Å²) in [6.07, 6.45) is 2.99. The lowest BCUT2D eigenvalue weighted by Crippen LogP contribution is -2.25. The van der Waals surface area contributed by atoms with Crippen LogP contribution in [0.25, 0.3) is 0 Å². The highest BCUT2D eigenvalue weighted by molar-refractivity contribution is 5.94. The molecule has 1 aromatic rings.